The number of hydrogen-bond donors (Lipinski definition) is 1. The molecule has 1 aliphatic rings. The number of anilines is 1. The van der Waals surface area contributed by atoms with Crippen molar-refractivity contribution in [2.24, 2.45) is 0 Å². The maximum absolute atomic E-state index is 12.1. The van der Waals surface area contributed by atoms with E-state index < -0.39 is 16.0 Å². The Morgan fingerprint density at radius 2 is 2.08 bits per heavy atom. The van der Waals surface area contributed by atoms with Gasteiger partial charge in [-0.15, -0.1) is 0 Å². The third-order valence-corrected chi connectivity index (χ3v) is 5.32. The molecular formula is C15H21ClN2O5S. The van der Waals surface area contributed by atoms with Crippen LogP contribution < -0.4 is 4.72 Å². The first-order valence-corrected chi connectivity index (χ1v) is 9.63. The van der Waals surface area contributed by atoms with E-state index in [1.807, 2.05) is 0 Å². The summed E-state index contributed by atoms with van der Waals surface area (Å²) in [6.45, 7) is 3.76. The summed E-state index contributed by atoms with van der Waals surface area (Å²) in [6, 6.07) is 4.31. The minimum atomic E-state index is -3.47. The molecule has 1 N–H and O–H groups in total. The molecule has 24 heavy (non-hydrogen) atoms. The molecular weight excluding hydrogens is 356 g/mol. The Hall–Kier alpha value is -1.35. The van der Waals surface area contributed by atoms with Crippen molar-refractivity contribution in [1.82, 2.24) is 4.90 Å². The molecule has 0 aliphatic carbocycles. The van der Waals surface area contributed by atoms with E-state index in [2.05, 4.69) is 14.4 Å². The van der Waals surface area contributed by atoms with Gasteiger partial charge < -0.3 is 9.47 Å². The number of nitrogens with one attached hydrogen (secondary N) is 1. The number of ether oxygens (including phenoxy) is 2. The Bertz CT molecular complexity index is 674. The zero-order chi connectivity index (χ0) is 17.6. The molecule has 1 aliphatic heterocycles. The number of benzene rings is 1. The van der Waals surface area contributed by atoms with Crippen LogP contribution in [0.15, 0.2) is 18.2 Å². The standard InChI is InChI=1S/C15H21ClN2O5S/c1-22-15(19)13-4-3-12(11-14(13)16)17-24(20,21)10-2-5-18-6-8-23-9-7-18/h3-4,11,17H,2,5-10H2,1H3. The number of esters is 1. The average molecular weight is 377 g/mol. The van der Waals surface area contributed by atoms with E-state index in [-0.39, 0.29) is 16.3 Å². The number of hydrogen-bond acceptors (Lipinski definition) is 6. The number of nitrogens with zero attached hydrogens (tertiary/aromatic N) is 1. The second-order valence-electron chi connectivity index (χ2n) is 5.41. The molecule has 0 bridgehead atoms. The number of sulfonamides is 1. The zero-order valence-corrected chi connectivity index (χ0v) is 15.0. The lowest BCUT2D eigenvalue weighted by Gasteiger charge is -2.26. The molecule has 1 heterocycles. The van der Waals surface area contributed by atoms with Gasteiger partial charge in [0.2, 0.25) is 10.0 Å². The first-order valence-electron chi connectivity index (χ1n) is 7.60. The lowest BCUT2D eigenvalue weighted by atomic mass is 10.2. The van der Waals surface area contributed by atoms with E-state index in [1.165, 1.54) is 25.3 Å². The molecule has 134 valence electrons. The SMILES string of the molecule is COC(=O)c1ccc(NS(=O)(=O)CCCN2CCOCC2)cc1Cl. The summed E-state index contributed by atoms with van der Waals surface area (Å²) < 4.78 is 36.6. The number of carbonyl (C=O) groups excluding carboxylic acids is 1. The van der Waals surface area contributed by atoms with Gasteiger partial charge in [0.05, 0.1) is 36.7 Å². The molecule has 1 aromatic carbocycles. The van der Waals surface area contributed by atoms with E-state index in [9.17, 15) is 13.2 Å². The molecule has 0 spiro atoms. The second-order valence-corrected chi connectivity index (χ2v) is 7.66. The Balaban J connectivity index is 1.88. The van der Waals surface area contributed by atoms with Crippen molar-refractivity contribution in [3.8, 4) is 0 Å². The fraction of sp³-hybridized carbons (Fsp3) is 0.533. The number of rotatable bonds is 7. The van der Waals surface area contributed by atoms with Crippen molar-refractivity contribution in [1.29, 1.82) is 0 Å². The predicted octanol–water partition coefficient (Wildman–Crippen LogP) is 1.59. The van der Waals surface area contributed by atoms with Crippen LogP contribution in [0.4, 0.5) is 5.69 Å². The minimum Gasteiger partial charge on any atom is -0.465 e. The number of methoxy groups -OCH3 is 1. The molecule has 7 nitrogen and oxygen atoms in total. The summed E-state index contributed by atoms with van der Waals surface area (Å²) in [6.07, 6.45) is 0.531. The van der Waals surface area contributed by atoms with Crippen molar-refractivity contribution in [2.45, 2.75) is 6.42 Å². The molecule has 1 aromatic rings. The summed E-state index contributed by atoms with van der Waals surface area (Å²) in [5.74, 6) is -0.555. The van der Waals surface area contributed by atoms with Crippen molar-refractivity contribution in [3.05, 3.63) is 28.8 Å². The summed E-state index contributed by atoms with van der Waals surface area (Å²) in [7, 11) is -2.22. The Labute approximate surface area is 146 Å². The summed E-state index contributed by atoms with van der Waals surface area (Å²) >= 11 is 5.98. The van der Waals surface area contributed by atoms with Crippen LogP contribution in [-0.4, -0.2) is 65.0 Å². The average Bonchev–Trinajstić information content (AvgIpc) is 2.54. The molecule has 0 saturated carbocycles. The van der Waals surface area contributed by atoms with Gasteiger partial charge in [0.25, 0.3) is 0 Å². The van der Waals surface area contributed by atoms with Crippen LogP contribution >= 0.6 is 11.6 Å². The molecule has 0 aromatic heterocycles. The van der Waals surface area contributed by atoms with Gasteiger partial charge in [-0.1, -0.05) is 11.6 Å². The van der Waals surface area contributed by atoms with Crippen LogP contribution in [0, 0.1) is 0 Å². The van der Waals surface area contributed by atoms with Gasteiger partial charge in [-0.3, -0.25) is 9.62 Å². The summed E-state index contributed by atoms with van der Waals surface area (Å²) in [4.78, 5) is 13.6. The van der Waals surface area contributed by atoms with E-state index in [0.29, 0.717) is 31.9 Å². The first-order chi connectivity index (χ1) is 11.4. The van der Waals surface area contributed by atoms with E-state index in [1.54, 1.807) is 0 Å². The van der Waals surface area contributed by atoms with Crippen LogP contribution in [0.1, 0.15) is 16.8 Å². The highest BCUT2D eigenvalue weighted by atomic mass is 35.5. The molecule has 0 radical (unpaired) electrons. The summed E-state index contributed by atoms with van der Waals surface area (Å²) in [5, 5.41) is 0.135. The highest BCUT2D eigenvalue weighted by Crippen LogP contribution is 2.22. The smallest absolute Gasteiger partial charge is 0.339 e. The van der Waals surface area contributed by atoms with Gasteiger partial charge in [-0.2, -0.15) is 0 Å². The van der Waals surface area contributed by atoms with Gasteiger partial charge >= 0.3 is 5.97 Å². The number of halogens is 1. The van der Waals surface area contributed by atoms with E-state index in [0.717, 1.165) is 13.1 Å². The largest absolute Gasteiger partial charge is 0.465 e. The van der Waals surface area contributed by atoms with Gasteiger partial charge in [0.1, 0.15) is 0 Å². The van der Waals surface area contributed by atoms with Gasteiger partial charge in [-0.25, -0.2) is 13.2 Å². The fourth-order valence-corrected chi connectivity index (χ4v) is 3.74. The quantitative estimate of drug-likeness (QED) is 0.727. The molecule has 0 amide bonds. The van der Waals surface area contributed by atoms with Crippen LogP contribution in [-0.2, 0) is 19.5 Å². The molecule has 0 unspecified atom stereocenters. The van der Waals surface area contributed by atoms with E-state index in [4.69, 9.17) is 16.3 Å². The lowest BCUT2D eigenvalue weighted by molar-refractivity contribution is 0.0381. The molecule has 2 rings (SSSR count). The van der Waals surface area contributed by atoms with Crippen molar-refractivity contribution < 1.29 is 22.7 Å². The lowest BCUT2D eigenvalue weighted by Crippen LogP contribution is -2.37. The van der Waals surface area contributed by atoms with Crippen molar-refractivity contribution >= 4 is 33.3 Å². The first kappa shape index (κ1) is 19.0. The molecule has 1 saturated heterocycles. The fourth-order valence-electron chi connectivity index (χ4n) is 2.39. The van der Waals surface area contributed by atoms with E-state index >= 15 is 0 Å². The van der Waals surface area contributed by atoms with Crippen LogP contribution in [0.25, 0.3) is 0 Å². The van der Waals surface area contributed by atoms with Crippen molar-refractivity contribution in [2.75, 3.05) is 50.4 Å². The zero-order valence-electron chi connectivity index (χ0n) is 13.5. The highest BCUT2D eigenvalue weighted by molar-refractivity contribution is 7.92. The number of morpholine rings is 1. The van der Waals surface area contributed by atoms with Gasteiger partial charge in [-0.05, 0) is 31.2 Å². The molecule has 9 heteroatoms. The Kier molecular flexibility index (Phi) is 6.85. The minimum absolute atomic E-state index is 0.0146. The summed E-state index contributed by atoms with van der Waals surface area (Å²) in [5.41, 5.74) is 0.508. The number of carbonyl (C=O) groups is 1. The van der Waals surface area contributed by atoms with Crippen molar-refractivity contribution in [3.63, 3.8) is 0 Å². The second kappa shape index (κ2) is 8.66. The maximum atomic E-state index is 12.1. The normalized spacial score (nSPS) is 15.9. The monoisotopic (exact) mass is 376 g/mol. The van der Waals surface area contributed by atoms with Gasteiger partial charge in [0.15, 0.2) is 0 Å². The Morgan fingerprint density at radius 1 is 1.38 bits per heavy atom. The Morgan fingerprint density at radius 3 is 2.71 bits per heavy atom. The third kappa shape index (κ3) is 5.62. The maximum Gasteiger partial charge on any atom is 0.339 e. The highest BCUT2D eigenvalue weighted by Gasteiger charge is 2.16. The topological polar surface area (TPSA) is 84.9 Å². The molecule has 0 atom stereocenters. The van der Waals surface area contributed by atoms with Crippen LogP contribution in [0.5, 0.6) is 0 Å². The third-order valence-electron chi connectivity index (χ3n) is 3.64. The van der Waals surface area contributed by atoms with Gasteiger partial charge in [0, 0.05) is 18.8 Å². The predicted molar refractivity (Wildman–Crippen MR) is 92.1 cm³/mol. The van der Waals surface area contributed by atoms with Crippen LogP contribution in [0.2, 0.25) is 5.02 Å². The molecule has 1 fully saturated rings. The van der Waals surface area contributed by atoms with Crippen LogP contribution in [0.3, 0.4) is 0 Å².